The third-order valence-corrected chi connectivity index (χ3v) is 7.51. The highest BCUT2D eigenvalue weighted by Gasteiger charge is 2.41. The molecule has 10 nitrogen and oxygen atoms in total. The van der Waals surface area contributed by atoms with Crippen LogP contribution < -0.4 is 15.5 Å². The number of aromatic nitrogens is 3. The highest BCUT2D eigenvalue weighted by Crippen LogP contribution is 2.40. The van der Waals surface area contributed by atoms with Gasteiger partial charge in [-0.2, -0.15) is 0 Å². The number of carbonyl (C=O) groups is 1. The van der Waals surface area contributed by atoms with E-state index in [1.165, 1.54) is 0 Å². The molecule has 0 bridgehead atoms. The van der Waals surface area contributed by atoms with Crippen molar-refractivity contribution in [1.82, 2.24) is 24.8 Å². The Bertz CT molecular complexity index is 1000. The van der Waals surface area contributed by atoms with E-state index in [9.17, 15) is 4.79 Å². The van der Waals surface area contributed by atoms with Gasteiger partial charge in [0.2, 0.25) is 18.2 Å². The fraction of sp³-hybridized carbons (Fsp3) is 0.600. The van der Waals surface area contributed by atoms with Crippen LogP contribution in [-0.4, -0.2) is 82.9 Å². The van der Waals surface area contributed by atoms with Gasteiger partial charge in [-0.15, -0.1) is 0 Å². The first-order valence-corrected chi connectivity index (χ1v) is 12.7. The number of nitrogen functional groups attached to an aromatic ring is 1. The average molecular weight is 481 g/mol. The van der Waals surface area contributed by atoms with Crippen LogP contribution in [0.2, 0.25) is 0 Å². The number of nitrogens with zero attached hydrogens (tertiary/aromatic N) is 7. The number of amides is 1. The van der Waals surface area contributed by atoms with Gasteiger partial charge in [0.05, 0.1) is 5.69 Å². The van der Waals surface area contributed by atoms with Crippen LogP contribution in [0.5, 0.6) is 0 Å². The number of anilines is 3. The van der Waals surface area contributed by atoms with Crippen LogP contribution >= 0.6 is 0 Å². The molecule has 2 aromatic heterocycles. The predicted molar refractivity (Wildman–Crippen MR) is 135 cm³/mol. The number of likely N-dealkylation sites (tertiary alicyclic amines) is 2. The number of hydrogen-bond acceptors (Lipinski definition) is 9. The molecule has 0 aromatic carbocycles. The van der Waals surface area contributed by atoms with Gasteiger partial charge in [-0.1, -0.05) is 0 Å². The Labute approximate surface area is 207 Å². The van der Waals surface area contributed by atoms with Gasteiger partial charge in [-0.25, -0.2) is 15.0 Å². The van der Waals surface area contributed by atoms with Crippen LogP contribution in [0.15, 0.2) is 30.7 Å². The number of ether oxygens (including phenoxy) is 1. The van der Waals surface area contributed by atoms with Gasteiger partial charge < -0.3 is 25.2 Å². The summed E-state index contributed by atoms with van der Waals surface area (Å²) in [6.07, 6.45) is 8.92. The van der Waals surface area contributed by atoms with E-state index < -0.39 is 0 Å². The Morgan fingerprint density at radius 3 is 2.49 bits per heavy atom. The summed E-state index contributed by atoms with van der Waals surface area (Å²) in [5.74, 6) is 1.71. The highest BCUT2D eigenvalue weighted by atomic mass is 16.5. The molecular formula is C25H36N8O2. The summed E-state index contributed by atoms with van der Waals surface area (Å²) in [4.78, 5) is 35.1. The zero-order valence-electron chi connectivity index (χ0n) is 20.7. The number of hydrogen-bond donors (Lipinski definition) is 1. The van der Waals surface area contributed by atoms with E-state index in [-0.39, 0.29) is 12.3 Å². The number of nitrogens with two attached hydrogens (primary N) is 1. The van der Waals surface area contributed by atoms with Crippen LogP contribution in [0.4, 0.5) is 17.5 Å². The molecule has 5 rings (SSSR count). The summed E-state index contributed by atoms with van der Waals surface area (Å²) >= 11 is 0. The largest absolute Gasteiger partial charge is 0.368 e. The topological polar surface area (TPSA) is 104 Å². The average Bonchev–Trinajstić information content (AvgIpc) is 3.17. The first-order valence-electron chi connectivity index (χ1n) is 12.7. The Kier molecular flexibility index (Phi) is 7.01. The summed E-state index contributed by atoms with van der Waals surface area (Å²) in [6, 6.07) is 4.37. The Balaban J connectivity index is 1.14. The molecule has 3 aliphatic heterocycles. The van der Waals surface area contributed by atoms with E-state index in [1.54, 1.807) is 12.4 Å². The first kappa shape index (κ1) is 23.7. The monoisotopic (exact) mass is 480 g/mol. The number of pyridine rings is 1. The molecule has 2 N–H and O–H groups in total. The lowest BCUT2D eigenvalue weighted by molar-refractivity contribution is -0.138. The molecule has 2 fully saturated rings. The molecule has 1 atom stereocenters. The van der Waals surface area contributed by atoms with Crippen molar-refractivity contribution in [3.8, 4) is 0 Å². The summed E-state index contributed by atoms with van der Waals surface area (Å²) in [6.45, 7) is 6.86. The molecule has 2 aromatic rings. The fourth-order valence-electron chi connectivity index (χ4n) is 5.63. The van der Waals surface area contributed by atoms with Crippen molar-refractivity contribution in [1.29, 1.82) is 0 Å². The second-order valence-electron chi connectivity index (χ2n) is 9.70. The third-order valence-electron chi connectivity index (χ3n) is 7.51. The van der Waals surface area contributed by atoms with Gasteiger partial charge in [0, 0.05) is 69.4 Å². The van der Waals surface area contributed by atoms with Crippen molar-refractivity contribution < 1.29 is 9.53 Å². The number of piperidine rings is 2. The second kappa shape index (κ2) is 10.3. The van der Waals surface area contributed by atoms with Crippen LogP contribution in [0, 0.1) is 5.92 Å². The molecule has 0 radical (unpaired) electrons. The lowest BCUT2D eigenvalue weighted by Crippen LogP contribution is -2.54. The van der Waals surface area contributed by atoms with Gasteiger partial charge in [0.15, 0.2) is 5.82 Å². The summed E-state index contributed by atoms with van der Waals surface area (Å²) in [7, 11) is 2.06. The fourth-order valence-corrected chi connectivity index (χ4v) is 5.63. The molecule has 0 spiro atoms. The molecular weight excluding hydrogens is 444 g/mol. The molecule has 1 amide bonds. The molecule has 35 heavy (non-hydrogen) atoms. The SMILES string of the molecule is CCOC1N(C)c2cccnc2N1C1CCN(C(=O)C2CCN(Cc3cnc(N)nc3)CC2)CC1. The van der Waals surface area contributed by atoms with Crippen molar-refractivity contribution in [3.05, 3.63) is 36.3 Å². The highest BCUT2D eigenvalue weighted by molar-refractivity contribution is 5.79. The van der Waals surface area contributed by atoms with Crippen molar-refractivity contribution in [2.45, 2.75) is 51.5 Å². The maximum atomic E-state index is 13.3. The van der Waals surface area contributed by atoms with Gasteiger partial charge >= 0.3 is 0 Å². The van der Waals surface area contributed by atoms with Crippen molar-refractivity contribution in [2.24, 2.45) is 5.92 Å². The zero-order chi connectivity index (χ0) is 24.4. The van der Waals surface area contributed by atoms with Gasteiger partial charge in [0.1, 0.15) is 0 Å². The minimum absolute atomic E-state index is 0.113. The molecule has 188 valence electrons. The molecule has 3 aliphatic rings. The maximum Gasteiger partial charge on any atom is 0.225 e. The molecule has 1 unspecified atom stereocenters. The van der Waals surface area contributed by atoms with E-state index in [0.29, 0.717) is 24.5 Å². The van der Waals surface area contributed by atoms with E-state index in [0.717, 1.165) is 75.5 Å². The van der Waals surface area contributed by atoms with Crippen LogP contribution in [0.1, 0.15) is 38.2 Å². The normalized spacial score (nSPS) is 22.0. The van der Waals surface area contributed by atoms with E-state index in [2.05, 4.69) is 47.7 Å². The number of carbonyl (C=O) groups excluding carboxylic acids is 1. The molecule has 0 saturated carbocycles. The van der Waals surface area contributed by atoms with E-state index in [4.69, 9.17) is 10.5 Å². The summed E-state index contributed by atoms with van der Waals surface area (Å²) in [5.41, 5.74) is 7.74. The zero-order valence-corrected chi connectivity index (χ0v) is 20.7. The quantitative estimate of drug-likeness (QED) is 0.664. The van der Waals surface area contributed by atoms with Crippen molar-refractivity contribution in [2.75, 3.05) is 55.4 Å². The standard InChI is InChI=1S/C25H36N8O2/c1-3-35-25-30(2)21-5-4-10-27-22(21)33(25)20-8-13-32(14-9-20)23(34)19-6-11-31(12-7-19)17-18-15-28-24(26)29-16-18/h4-5,10,15-16,19-20,25H,3,6-9,11-14,17H2,1-2H3,(H2,26,28,29). The minimum Gasteiger partial charge on any atom is -0.368 e. The minimum atomic E-state index is -0.145. The van der Waals surface area contributed by atoms with Gasteiger partial charge in [-0.05, 0) is 57.8 Å². The smallest absolute Gasteiger partial charge is 0.225 e. The predicted octanol–water partition coefficient (Wildman–Crippen LogP) is 1.93. The van der Waals surface area contributed by atoms with Crippen molar-refractivity contribution in [3.63, 3.8) is 0 Å². The van der Waals surface area contributed by atoms with E-state index in [1.807, 2.05) is 19.2 Å². The Hall–Kier alpha value is -2.98. The van der Waals surface area contributed by atoms with Gasteiger partial charge in [-0.3, -0.25) is 9.69 Å². The Morgan fingerprint density at radius 2 is 1.80 bits per heavy atom. The number of rotatable bonds is 6. The lowest BCUT2D eigenvalue weighted by Gasteiger charge is -2.42. The first-order chi connectivity index (χ1) is 17.0. The van der Waals surface area contributed by atoms with Gasteiger partial charge in [0.25, 0.3) is 0 Å². The second-order valence-corrected chi connectivity index (χ2v) is 9.70. The molecule has 0 aliphatic carbocycles. The summed E-state index contributed by atoms with van der Waals surface area (Å²) in [5, 5.41) is 0. The molecule has 5 heterocycles. The Morgan fingerprint density at radius 1 is 1.09 bits per heavy atom. The molecule has 2 saturated heterocycles. The van der Waals surface area contributed by atoms with E-state index >= 15 is 0 Å². The lowest BCUT2D eigenvalue weighted by atomic mass is 9.93. The van der Waals surface area contributed by atoms with Crippen LogP contribution in [0.3, 0.4) is 0 Å². The summed E-state index contributed by atoms with van der Waals surface area (Å²) < 4.78 is 6.10. The third kappa shape index (κ3) is 4.90. The van der Waals surface area contributed by atoms with Crippen molar-refractivity contribution >= 4 is 23.4 Å². The molecule has 10 heteroatoms. The van der Waals surface area contributed by atoms with Crippen LogP contribution in [-0.2, 0) is 16.1 Å². The maximum absolute atomic E-state index is 13.3. The number of fused-ring (bicyclic) bond motifs is 1. The van der Waals surface area contributed by atoms with Crippen LogP contribution in [0.25, 0.3) is 0 Å².